The third kappa shape index (κ3) is 3.71. The van der Waals surface area contributed by atoms with Crippen LogP contribution in [0.25, 0.3) is 0 Å². The van der Waals surface area contributed by atoms with E-state index in [1.807, 2.05) is 0 Å². The summed E-state index contributed by atoms with van der Waals surface area (Å²) in [5.41, 5.74) is 5.41. The quantitative estimate of drug-likeness (QED) is 0.806. The van der Waals surface area contributed by atoms with Crippen molar-refractivity contribution in [3.63, 3.8) is 0 Å². The molecule has 2 atom stereocenters. The molecule has 2 aromatic rings. The molecular weight excluding hydrogens is 242 g/mol. The van der Waals surface area contributed by atoms with Crippen LogP contribution in [0, 0.1) is 6.92 Å². The second-order valence-electron chi connectivity index (χ2n) is 5.62. The Kier molecular flexibility index (Phi) is 4.97. The van der Waals surface area contributed by atoms with Crippen LogP contribution in [0.1, 0.15) is 55.1 Å². The molecule has 0 bridgehead atoms. The Morgan fingerprint density at radius 3 is 2.15 bits per heavy atom. The molecule has 2 unspecified atom stereocenters. The number of benzene rings is 2. The maximum atomic E-state index is 3.68. The molecule has 1 N–H and O–H groups in total. The van der Waals surface area contributed by atoms with Gasteiger partial charge in [-0.2, -0.15) is 0 Å². The number of rotatable bonds is 5. The minimum Gasteiger partial charge on any atom is -0.304 e. The lowest BCUT2D eigenvalue weighted by molar-refractivity contribution is 0.494. The van der Waals surface area contributed by atoms with Crippen molar-refractivity contribution in [2.24, 2.45) is 0 Å². The van der Waals surface area contributed by atoms with Crippen molar-refractivity contribution < 1.29 is 0 Å². The molecule has 106 valence electrons. The van der Waals surface area contributed by atoms with Crippen LogP contribution in [0.15, 0.2) is 48.5 Å². The van der Waals surface area contributed by atoms with E-state index in [1.54, 1.807) is 0 Å². The number of hydrogen-bond donors (Lipinski definition) is 1. The van der Waals surface area contributed by atoms with E-state index in [1.165, 1.54) is 22.3 Å². The van der Waals surface area contributed by atoms with Gasteiger partial charge in [-0.05, 0) is 43.9 Å². The van der Waals surface area contributed by atoms with E-state index >= 15 is 0 Å². The van der Waals surface area contributed by atoms with Gasteiger partial charge in [0.2, 0.25) is 0 Å². The Hall–Kier alpha value is -1.60. The Morgan fingerprint density at radius 1 is 0.900 bits per heavy atom. The summed E-state index contributed by atoms with van der Waals surface area (Å²) >= 11 is 0. The molecule has 0 saturated heterocycles. The largest absolute Gasteiger partial charge is 0.304 e. The van der Waals surface area contributed by atoms with E-state index in [9.17, 15) is 0 Å². The summed E-state index contributed by atoms with van der Waals surface area (Å²) in [6.07, 6.45) is 1.10. The number of aryl methyl sites for hydroxylation is 2. The van der Waals surface area contributed by atoms with E-state index in [0.29, 0.717) is 12.1 Å². The molecule has 0 aliphatic rings. The van der Waals surface area contributed by atoms with Gasteiger partial charge >= 0.3 is 0 Å². The van der Waals surface area contributed by atoms with E-state index in [-0.39, 0.29) is 0 Å². The van der Waals surface area contributed by atoms with Gasteiger partial charge in [0.15, 0.2) is 0 Å². The lowest BCUT2D eigenvalue weighted by Gasteiger charge is -2.21. The van der Waals surface area contributed by atoms with E-state index < -0.39 is 0 Å². The SMILES string of the molecule is CCc1ccc(C(C)NC(C)c2cccc(C)c2)cc1. The number of hydrogen-bond acceptors (Lipinski definition) is 1. The molecule has 0 saturated carbocycles. The van der Waals surface area contributed by atoms with E-state index in [0.717, 1.165) is 6.42 Å². The zero-order valence-electron chi connectivity index (χ0n) is 13.0. The van der Waals surface area contributed by atoms with Crippen LogP contribution in [-0.2, 0) is 6.42 Å². The third-order valence-electron chi connectivity index (χ3n) is 3.93. The molecule has 0 heterocycles. The van der Waals surface area contributed by atoms with Crippen LogP contribution in [0.5, 0.6) is 0 Å². The van der Waals surface area contributed by atoms with Crippen molar-refractivity contribution >= 4 is 0 Å². The zero-order chi connectivity index (χ0) is 14.5. The first-order chi connectivity index (χ1) is 9.60. The second-order valence-corrected chi connectivity index (χ2v) is 5.62. The van der Waals surface area contributed by atoms with Gasteiger partial charge in [0, 0.05) is 12.1 Å². The standard InChI is InChI=1S/C19H25N/c1-5-17-9-11-18(12-10-17)15(3)20-16(4)19-8-6-7-14(2)13-19/h6-13,15-16,20H,5H2,1-4H3. The third-order valence-corrected chi connectivity index (χ3v) is 3.93. The fourth-order valence-electron chi connectivity index (χ4n) is 2.55. The van der Waals surface area contributed by atoms with E-state index in [2.05, 4.69) is 81.5 Å². The molecule has 0 aliphatic carbocycles. The van der Waals surface area contributed by atoms with Crippen LogP contribution >= 0.6 is 0 Å². The summed E-state index contributed by atoms with van der Waals surface area (Å²) in [5, 5.41) is 3.68. The van der Waals surface area contributed by atoms with Crippen molar-refractivity contribution in [2.45, 2.75) is 46.2 Å². The molecular formula is C19H25N. The molecule has 0 radical (unpaired) electrons. The molecule has 20 heavy (non-hydrogen) atoms. The van der Waals surface area contributed by atoms with Gasteiger partial charge in [-0.1, -0.05) is 61.0 Å². The Labute approximate surface area is 123 Å². The van der Waals surface area contributed by atoms with Crippen LogP contribution in [0.2, 0.25) is 0 Å². The maximum absolute atomic E-state index is 3.68. The van der Waals surface area contributed by atoms with Crippen LogP contribution in [-0.4, -0.2) is 0 Å². The molecule has 1 heteroatoms. The van der Waals surface area contributed by atoms with Gasteiger partial charge in [-0.15, -0.1) is 0 Å². The van der Waals surface area contributed by atoms with Gasteiger partial charge in [0.05, 0.1) is 0 Å². The topological polar surface area (TPSA) is 12.0 Å². The first-order valence-electron chi connectivity index (χ1n) is 7.51. The molecule has 2 rings (SSSR count). The number of nitrogens with one attached hydrogen (secondary N) is 1. The fraction of sp³-hybridized carbons (Fsp3) is 0.368. The predicted octanol–water partition coefficient (Wildman–Crippen LogP) is 4.97. The summed E-state index contributed by atoms with van der Waals surface area (Å²) in [6.45, 7) is 8.79. The Bertz CT molecular complexity index is 542. The maximum Gasteiger partial charge on any atom is 0.0297 e. The summed E-state index contributed by atoms with van der Waals surface area (Å²) in [7, 11) is 0. The molecule has 0 fully saturated rings. The monoisotopic (exact) mass is 267 g/mol. The minimum atomic E-state index is 0.357. The highest BCUT2D eigenvalue weighted by molar-refractivity contribution is 5.27. The van der Waals surface area contributed by atoms with Gasteiger partial charge in [-0.25, -0.2) is 0 Å². The molecule has 0 aliphatic heterocycles. The van der Waals surface area contributed by atoms with Crippen LogP contribution < -0.4 is 5.32 Å². The molecule has 0 spiro atoms. The smallest absolute Gasteiger partial charge is 0.0297 e. The highest BCUT2D eigenvalue weighted by Gasteiger charge is 2.11. The normalized spacial score (nSPS) is 14.0. The van der Waals surface area contributed by atoms with Gasteiger partial charge in [-0.3, -0.25) is 0 Å². The molecule has 0 amide bonds. The van der Waals surface area contributed by atoms with Crippen LogP contribution in [0.4, 0.5) is 0 Å². The first kappa shape index (κ1) is 14.8. The lowest BCUT2D eigenvalue weighted by Crippen LogP contribution is -2.22. The Balaban J connectivity index is 2.04. The first-order valence-corrected chi connectivity index (χ1v) is 7.51. The van der Waals surface area contributed by atoms with E-state index in [4.69, 9.17) is 0 Å². The van der Waals surface area contributed by atoms with Crippen molar-refractivity contribution in [1.29, 1.82) is 0 Å². The van der Waals surface area contributed by atoms with Crippen molar-refractivity contribution in [2.75, 3.05) is 0 Å². The summed E-state index contributed by atoms with van der Waals surface area (Å²) in [4.78, 5) is 0. The van der Waals surface area contributed by atoms with Crippen molar-refractivity contribution in [3.05, 3.63) is 70.8 Å². The molecule has 1 nitrogen and oxygen atoms in total. The van der Waals surface area contributed by atoms with Gasteiger partial charge in [0.1, 0.15) is 0 Å². The minimum absolute atomic E-state index is 0.357. The summed E-state index contributed by atoms with van der Waals surface area (Å²) in [5.74, 6) is 0. The molecule has 0 aromatic heterocycles. The highest BCUT2D eigenvalue weighted by Crippen LogP contribution is 2.20. The molecule has 2 aromatic carbocycles. The fourth-order valence-corrected chi connectivity index (χ4v) is 2.55. The predicted molar refractivity (Wildman–Crippen MR) is 87.0 cm³/mol. The van der Waals surface area contributed by atoms with Crippen molar-refractivity contribution in [3.8, 4) is 0 Å². The average Bonchev–Trinajstić information content (AvgIpc) is 2.47. The highest BCUT2D eigenvalue weighted by atomic mass is 14.9. The lowest BCUT2D eigenvalue weighted by atomic mass is 10.0. The zero-order valence-corrected chi connectivity index (χ0v) is 13.0. The Morgan fingerprint density at radius 2 is 1.55 bits per heavy atom. The average molecular weight is 267 g/mol. The second kappa shape index (κ2) is 6.71. The van der Waals surface area contributed by atoms with Gasteiger partial charge < -0.3 is 5.32 Å². The van der Waals surface area contributed by atoms with Crippen LogP contribution in [0.3, 0.4) is 0 Å². The van der Waals surface area contributed by atoms with Gasteiger partial charge in [0.25, 0.3) is 0 Å². The summed E-state index contributed by atoms with van der Waals surface area (Å²) in [6, 6.07) is 18.4. The van der Waals surface area contributed by atoms with Crippen molar-refractivity contribution in [1.82, 2.24) is 5.32 Å². The summed E-state index contributed by atoms with van der Waals surface area (Å²) < 4.78 is 0.